The van der Waals surface area contributed by atoms with Crippen LogP contribution in [0.1, 0.15) is 56.5 Å². The number of nitrogens with one attached hydrogen (secondary N) is 1. The molecule has 0 atom stereocenters. The van der Waals surface area contributed by atoms with Crippen molar-refractivity contribution in [2.45, 2.75) is 59.8 Å². The fourth-order valence-electron chi connectivity index (χ4n) is 3.17. The van der Waals surface area contributed by atoms with Crippen molar-refractivity contribution >= 4 is 22.5 Å². The highest BCUT2D eigenvalue weighted by Crippen LogP contribution is 2.25. The number of hydrogen-bond acceptors (Lipinski definition) is 4. The van der Waals surface area contributed by atoms with Crippen LogP contribution in [0.2, 0.25) is 0 Å². The molecule has 1 N–H and O–H groups in total. The average Bonchev–Trinajstić information content (AvgIpc) is 2.90. The highest BCUT2D eigenvalue weighted by molar-refractivity contribution is 5.93. The van der Waals surface area contributed by atoms with Crippen molar-refractivity contribution < 1.29 is 0 Å². The molecule has 3 aromatic rings. The number of nitrogens with zero attached hydrogens (tertiary/aromatic N) is 4. The van der Waals surface area contributed by atoms with Crippen LogP contribution < -0.4 is 5.32 Å². The van der Waals surface area contributed by atoms with Crippen molar-refractivity contribution in [1.29, 1.82) is 0 Å². The molecule has 5 heteroatoms. The summed E-state index contributed by atoms with van der Waals surface area (Å²) in [5.41, 5.74) is 4.99. The molecule has 5 nitrogen and oxygen atoms in total. The topological polar surface area (TPSA) is 55.1 Å². The van der Waals surface area contributed by atoms with Crippen LogP contribution in [0.25, 0.3) is 16.7 Å². The van der Waals surface area contributed by atoms with Crippen molar-refractivity contribution in [2.75, 3.05) is 11.9 Å². The molecule has 0 aromatic carbocycles. The summed E-state index contributed by atoms with van der Waals surface area (Å²) in [6, 6.07) is 4.24. The summed E-state index contributed by atoms with van der Waals surface area (Å²) < 4.78 is 1.93. The summed E-state index contributed by atoms with van der Waals surface area (Å²) in [6.45, 7) is 9.49. The van der Waals surface area contributed by atoms with Crippen LogP contribution in [0.3, 0.4) is 0 Å². The van der Waals surface area contributed by atoms with E-state index in [1.165, 1.54) is 24.8 Å². The molecule has 3 aromatic heterocycles. The van der Waals surface area contributed by atoms with Crippen molar-refractivity contribution in [1.82, 2.24) is 19.6 Å². The molecule has 0 spiro atoms. The van der Waals surface area contributed by atoms with Gasteiger partial charge in [0.25, 0.3) is 0 Å². The van der Waals surface area contributed by atoms with Gasteiger partial charge in [-0.3, -0.25) is 0 Å². The minimum absolute atomic E-state index is 0.783. The van der Waals surface area contributed by atoms with Gasteiger partial charge in [-0.25, -0.2) is 9.97 Å². The fourth-order valence-corrected chi connectivity index (χ4v) is 3.17. The average molecular weight is 325 g/mol. The Morgan fingerprint density at radius 1 is 1.04 bits per heavy atom. The maximum atomic E-state index is 4.87. The third-order valence-electron chi connectivity index (χ3n) is 4.32. The molecule has 0 aliphatic heterocycles. The summed E-state index contributed by atoms with van der Waals surface area (Å²) in [5, 5.41) is 9.33. The quantitative estimate of drug-likeness (QED) is 0.652. The van der Waals surface area contributed by atoms with Gasteiger partial charge in [0.05, 0.1) is 5.39 Å². The zero-order valence-electron chi connectivity index (χ0n) is 15.2. The fraction of sp³-hybridized carbons (Fsp3) is 0.526. The highest BCUT2D eigenvalue weighted by Gasteiger charge is 2.15. The molecule has 0 fully saturated rings. The minimum Gasteiger partial charge on any atom is -0.370 e. The molecule has 0 amide bonds. The highest BCUT2D eigenvalue weighted by atomic mass is 15.3. The Labute approximate surface area is 143 Å². The Morgan fingerprint density at radius 3 is 2.62 bits per heavy atom. The van der Waals surface area contributed by atoms with E-state index in [-0.39, 0.29) is 0 Å². The minimum atomic E-state index is 0.783. The van der Waals surface area contributed by atoms with E-state index in [9.17, 15) is 0 Å². The third-order valence-corrected chi connectivity index (χ3v) is 4.32. The smallest absolute Gasteiger partial charge is 0.184 e. The van der Waals surface area contributed by atoms with Crippen LogP contribution in [0.15, 0.2) is 12.1 Å². The van der Waals surface area contributed by atoms with Gasteiger partial charge in [0.1, 0.15) is 5.82 Å². The zero-order valence-corrected chi connectivity index (χ0v) is 15.2. The first-order chi connectivity index (χ1) is 11.6. The lowest BCUT2D eigenvalue weighted by Gasteiger charge is -2.10. The lowest BCUT2D eigenvalue weighted by Crippen LogP contribution is -2.09. The molecule has 0 aliphatic carbocycles. The second kappa shape index (κ2) is 7.16. The van der Waals surface area contributed by atoms with Crippen LogP contribution in [-0.2, 0) is 6.42 Å². The Balaban J connectivity index is 2.12. The molecule has 0 aliphatic rings. The van der Waals surface area contributed by atoms with Crippen LogP contribution in [0.4, 0.5) is 5.82 Å². The van der Waals surface area contributed by atoms with E-state index in [0.29, 0.717) is 0 Å². The van der Waals surface area contributed by atoms with Crippen LogP contribution in [0.5, 0.6) is 0 Å². The Kier molecular flexibility index (Phi) is 4.97. The van der Waals surface area contributed by atoms with Gasteiger partial charge in [0.2, 0.25) is 0 Å². The normalized spacial score (nSPS) is 11.5. The lowest BCUT2D eigenvalue weighted by molar-refractivity contribution is 0.738. The number of aromatic nitrogens is 4. The number of aryl methyl sites for hydroxylation is 3. The van der Waals surface area contributed by atoms with Gasteiger partial charge >= 0.3 is 0 Å². The zero-order chi connectivity index (χ0) is 17.1. The van der Waals surface area contributed by atoms with Gasteiger partial charge in [-0.2, -0.15) is 4.52 Å². The summed E-state index contributed by atoms with van der Waals surface area (Å²) in [6.07, 6.45) is 5.69. The summed E-state index contributed by atoms with van der Waals surface area (Å²) in [4.78, 5) is 9.47. The maximum Gasteiger partial charge on any atom is 0.184 e. The Hall–Kier alpha value is -2.17. The molecular weight excluding hydrogens is 298 g/mol. The molecule has 3 heterocycles. The van der Waals surface area contributed by atoms with Gasteiger partial charge in [-0.15, -0.1) is 5.10 Å². The summed E-state index contributed by atoms with van der Waals surface area (Å²) in [5.74, 6) is 1.02. The van der Waals surface area contributed by atoms with Gasteiger partial charge in [0, 0.05) is 24.0 Å². The van der Waals surface area contributed by atoms with E-state index < -0.39 is 0 Å². The monoisotopic (exact) mass is 325 g/mol. The van der Waals surface area contributed by atoms with Gasteiger partial charge < -0.3 is 5.32 Å². The molecule has 3 rings (SSSR count). The first-order valence-electron chi connectivity index (χ1n) is 9.04. The number of fused-ring (bicyclic) bond motifs is 3. The van der Waals surface area contributed by atoms with E-state index in [1.54, 1.807) is 0 Å². The van der Waals surface area contributed by atoms with Gasteiger partial charge in [0.15, 0.2) is 11.3 Å². The van der Waals surface area contributed by atoms with Gasteiger partial charge in [-0.1, -0.05) is 33.1 Å². The molecule has 0 radical (unpaired) electrons. The number of rotatable bonds is 7. The molecular formula is C19H27N5. The molecule has 24 heavy (non-hydrogen) atoms. The van der Waals surface area contributed by atoms with Crippen molar-refractivity contribution in [2.24, 2.45) is 0 Å². The molecule has 0 bridgehead atoms. The number of hydrogen-bond donors (Lipinski definition) is 1. The van der Waals surface area contributed by atoms with E-state index in [4.69, 9.17) is 10.1 Å². The predicted octanol–water partition coefficient (Wildman–Crippen LogP) is 4.45. The van der Waals surface area contributed by atoms with Crippen molar-refractivity contribution in [3.63, 3.8) is 0 Å². The standard InChI is InChI=1S/C19H27N5/c1-5-7-8-10-20-16-12-15(9-6-2)22-19-17-13(3)11-14(4)21-18(17)23-24(16)19/h11-12,20H,5-10H2,1-4H3. The SMILES string of the molecule is CCCCCNc1cc(CCC)nc2c3c(C)cc(C)nc3nn12. The number of anilines is 1. The van der Waals surface area contributed by atoms with Crippen LogP contribution in [-0.4, -0.2) is 26.1 Å². The number of pyridine rings is 1. The first kappa shape index (κ1) is 16.7. The number of unbranched alkanes of at least 4 members (excludes halogenated alkanes) is 2. The lowest BCUT2D eigenvalue weighted by atomic mass is 10.2. The van der Waals surface area contributed by atoms with E-state index >= 15 is 0 Å². The second-order valence-electron chi connectivity index (χ2n) is 6.53. The van der Waals surface area contributed by atoms with Crippen molar-refractivity contribution in [3.8, 4) is 0 Å². The van der Waals surface area contributed by atoms with Crippen molar-refractivity contribution in [3.05, 3.63) is 29.1 Å². The molecule has 0 saturated heterocycles. The molecule has 0 unspecified atom stereocenters. The predicted molar refractivity (Wildman–Crippen MR) is 99.8 cm³/mol. The van der Waals surface area contributed by atoms with E-state index in [2.05, 4.69) is 43.2 Å². The molecule has 0 saturated carbocycles. The van der Waals surface area contributed by atoms with E-state index in [1.807, 2.05) is 11.4 Å². The third kappa shape index (κ3) is 3.21. The summed E-state index contributed by atoms with van der Waals surface area (Å²) in [7, 11) is 0. The van der Waals surface area contributed by atoms with E-state index in [0.717, 1.165) is 53.3 Å². The first-order valence-corrected chi connectivity index (χ1v) is 9.04. The van der Waals surface area contributed by atoms with Crippen LogP contribution in [0, 0.1) is 13.8 Å². The van der Waals surface area contributed by atoms with Crippen LogP contribution >= 0.6 is 0 Å². The Morgan fingerprint density at radius 2 is 1.88 bits per heavy atom. The summed E-state index contributed by atoms with van der Waals surface area (Å²) >= 11 is 0. The van der Waals surface area contributed by atoms with Gasteiger partial charge in [-0.05, 0) is 38.3 Å². The second-order valence-corrected chi connectivity index (χ2v) is 6.53. The maximum absolute atomic E-state index is 4.87. The largest absolute Gasteiger partial charge is 0.370 e. The Bertz CT molecular complexity index is 850. The molecule has 128 valence electrons.